The number of methoxy groups -OCH3 is 1. The van der Waals surface area contributed by atoms with Crippen molar-refractivity contribution in [1.82, 2.24) is 5.32 Å². The summed E-state index contributed by atoms with van der Waals surface area (Å²) >= 11 is 0. The first-order valence-corrected chi connectivity index (χ1v) is 8.06. The maximum atomic E-state index is 13.7. The van der Waals surface area contributed by atoms with Crippen molar-refractivity contribution in [3.8, 4) is 11.5 Å². The highest BCUT2D eigenvalue weighted by Crippen LogP contribution is 2.34. The van der Waals surface area contributed by atoms with E-state index in [2.05, 4.69) is 5.32 Å². The Bertz CT molecular complexity index is 686. The Hall–Kier alpha value is -2.11. The summed E-state index contributed by atoms with van der Waals surface area (Å²) in [5.74, 6) is 0.979. The Labute approximate surface area is 141 Å². The van der Waals surface area contributed by atoms with Crippen LogP contribution in [0.1, 0.15) is 17.2 Å². The normalized spacial score (nSPS) is 18.9. The average Bonchev–Trinajstić information content (AvgIpc) is 2.61. The first-order chi connectivity index (χ1) is 11.7. The molecule has 1 aliphatic heterocycles. The fraction of sp³-hybridized carbons (Fsp3) is 0.368. The van der Waals surface area contributed by atoms with Crippen molar-refractivity contribution >= 4 is 0 Å². The molecule has 1 N–H and O–H groups in total. The standard InChI is InChI=1S/C19H22FNO3/c1-13-6-7-16(17(10-13)22-2)24-19(18-12-21-8-9-23-18)14-4-3-5-15(20)11-14/h3-7,10-11,18-19,21H,8-9,12H2,1-2H3/t18-,19?/m0/s1. The van der Waals surface area contributed by atoms with Crippen molar-refractivity contribution in [2.45, 2.75) is 19.1 Å². The molecule has 1 fully saturated rings. The lowest BCUT2D eigenvalue weighted by Gasteiger charge is -2.32. The van der Waals surface area contributed by atoms with Crippen LogP contribution >= 0.6 is 0 Å². The van der Waals surface area contributed by atoms with Crippen LogP contribution in [0.4, 0.5) is 4.39 Å². The smallest absolute Gasteiger partial charge is 0.162 e. The van der Waals surface area contributed by atoms with Crippen LogP contribution in [0.2, 0.25) is 0 Å². The van der Waals surface area contributed by atoms with E-state index >= 15 is 0 Å². The maximum Gasteiger partial charge on any atom is 0.162 e. The van der Waals surface area contributed by atoms with Gasteiger partial charge in [-0.2, -0.15) is 0 Å². The summed E-state index contributed by atoms with van der Waals surface area (Å²) in [6.07, 6.45) is -0.628. The molecule has 3 rings (SSSR count). The largest absolute Gasteiger partial charge is 0.493 e. The summed E-state index contributed by atoms with van der Waals surface area (Å²) in [4.78, 5) is 0. The van der Waals surface area contributed by atoms with Crippen molar-refractivity contribution < 1.29 is 18.6 Å². The fourth-order valence-electron chi connectivity index (χ4n) is 2.83. The lowest BCUT2D eigenvalue weighted by Crippen LogP contribution is -2.43. The molecule has 0 aromatic heterocycles. The minimum absolute atomic E-state index is 0.202. The van der Waals surface area contributed by atoms with Crippen LogP contribution in [-0.4, -0.2) is 32.9 Å². The van der Waals surface area contributed by atoms with Gasteiger partial charge in [-0.15, -0.1) is 0 Å². The topological polar surface area (TPSA) is 39.7 Å². The summed E-state index contributed by atoms with van der Waals surface area (Å²) < 4.78 is 31.2. The molecule has 5 heteroatoms. The van der Waals surface area contributed by atoms with Crippen molar-refractivity contribution in [3.05, 3.63) is 59.4 Å². The van der Waals surface area contributed by atoms with E-state index in [1.165, 1.54) is 12.1 Å². The van der Waals surface area contributed by atoms with Gasteiger partial charge >= 0.3 is 0 Å². The molecule has 0 amide bonds. The summed E-state index contributed by atoms with van der Waals surface area (Å²) in [6, 6.07) is 12.2. The second kappa shape index (κ2) is 7.64. The van der Waals surface area contributed by atoms with E-state index in [1.54, 1.807) is 13.2 Å². The van der Waals surface area contributed by atoms with Gasteiger partial charge < -0.3 is 19.5 Å². The van der Waals surface area contributed by atoms with Crippen molar-refractivity contribution in [3.63, 3.8) is 0 Å². The molecule has 1 saturated heterocycles. The molecule has 0 bridgehead atoms. The Morgan fingerprint density at radius 3 is 2.79 bits per heavy atom. The van der Waals surface area contributed by atoms with Crippen LogP contribution in [0.25, 0.3) is 0 Å². The van der Waals surface area contributed by atoms with Crippen molar-refractivity contribution in [2.24, 2.45) is 0 Å². The third-order valence-electron chi connectivity index (χ3n) is 4.04. The SMILES string of the molecule is COc1cc(C)ccc1OC(c1cccc(F)c1)[C@@H]1CNCCO1. The van der Waals surface area contributed by atoms with E-state index in [1.807, 2.05) is 31.2 Å². The number of rotatable bonds is 5. The van der Waals surface area contributed by atoms with Gasteiger partial charge in [-0.3, -0.25) is 0 Å². The monoisotopic (exact) mass is 331 g/mol. The zero-order valence-electron chi connectivity index (χ0n) is 13.9. The van der Waals surface area contributed by atoms with Gasteiger partial charge in [0.2, 0.25) is 0 Å². The second-order valence-electron chi connectivity index (χ2n) is 5.86. The number of hydrogen-bond donors (Lipinski definition) is 1. The highest BCUT2D eigenvalue weighted by atomic mass is 19.1. The van der Waals surface area contributed by atoms with Gasteiger partial charge in [0.1, 0.15) is 11.9 Å². The molecule has 1 aliphatic rings. The molecule has 1 unspecified atom stereocenters. The average molecular weight is 331 g/mol. The van der Waals surface area contributed by atoms with Gasteiger partial charge in [0.15, 0.2) is 17.6 Å². The third kappa shape index (κ3) is 3.86. The maximum absolute atomic E-state index is 13.7. The number of ether oxygens (including phenoxy) is 3. The molecule has 1 heterocycles. The quantitative estimate of drug-likeness (QED) is 0.913. The van der Waals surface area contributed by atoms with Crippen LogP contribution in [0, 0.1) is 12.7 Å². The van der Waals surface area contributed by atoms with E-state index in [4.69, 9.17) is 14.2 Å². The summed E-state index contributed by atoms with van der Waals surface area (Å²) in [6.45, 7) is 4.05. The molecule has 4 nitrogen and oxygen atoms in total. The van der Waals surface area contributed by atoms with Gasteiger partial charge in [-0.1, -0.05) is 18.2 Å². The molecular formula is C19H22FNO3. The lowest BCUT2D eigenvalue weighted by atomic mass is 10.0. The summed E-state index contributed by atoms with van der Waals surface area (Å²) in [5.41, 5.74) is 1.82. The first kappa shape index (κ1) is 16.7. The molecule has 24 heavy (non-hydrogen) atoms. The molecule has 0 radical (unpaired) electrons. The predicted molar refractivity (Wildman–Crippen MR) is 90.1 cm³/mol. The minimum atomic E-state index is -0.426. The van der Waals surface area contributed by atoms with Crippen LogP contribution in [-0.2, 0) is 4.74 Å². The molecule has 0 spiro atoms. The number of benzene rings is 2. The molecule has 0 saturated carbocycles. The number of aryl methyl sites for hydroxylation is 1. The second-order valence-corrected chi connectivity index (χ2v) is 5.86. The van der Waals surface area contributed by atoms with Gasteiger partial charge in [0.25, 0.3) is 0 Å². The predicted octanol–water partition coefficient (Wildman–Crippen LogP) is 3.25. The minimum Gasteiger partial charge on any atom is -0.493 e. The van der Waals surface area contributed by atoms with Gasteiger partial charge in [-0.05, 0) is 42.3 Å². The zero-order chi connectivity index (χ0) is 16.9. The molecule has 0 aliphatic carbocycles. The van der Waals surface area contributed by atoms with E-state index in [0.717, 1.165) is 17.7 Å². The van der Waals surface area contributed by atoms with Crippen LogP contribution in [0.5, 0.6) is 11.5 Å². The van der Waals surface area contributed by atoms with Gasteiger partial charge in [0, 0.05) is 13.1 Å². The molecule has 2 aromatic carbocycles. The highest BCUT2D eigenvalue weighted by molar-refractivity contribution is 5.43. The summed E-state index contributed by atoms with van der Waals surface area (Å²) in [7, 11) is 1.61. The van der Waals surface area contributed by atoms with Crippen LogP contribution < -0.4 is 14.8 Å². The van der Waals surface area contributed by atoms with Gasteiger partial charge in [-0.25, -0.2) is 4.39 Å². The van der Waals surface area contributed by atoms with E-state index in [-0.39, 0.29) is 11.9 Å². The van der Waals surface area contributed by atoms with Gasteiger partial charge in [0.05, 0.1) is 13.7 Å². The lowest BCUT2D eigenvalue weighted by molar-refractivity contribution is -0.0439. The number of hydrogen-bond acceptors (Lipinski definition) is 4. The van der Waals surface area contributed by atoms with E-state index in [0.29, 0.717) is 24.7 Å². The Kier molecular flexibility index (Phi) is 5.33. The zero-order valence-corrected chi connectivity index (χ0v) is 13.9. The Morgan fingerprint density at radius 1 is 1.21 bits per heavy atom. The summed E-state index contributed by atoms with van der Waals surface area (Å²) in [5, 5.41) is 3.29. The Balaban J connectivity index is 1.92. The van der Waals surface area contributed by atoms with E-state index < -0.39 is 6.10 Å². The van der Waals surface area contributed by atoms with Crippen LogP contribution in [0.15, 0.2) is 42.5 Å². The Morgan fingerprint density at radius 2 is 2.08 bits per heavy atom. The highest BCUT2D eigenvalue weighted by Gasteiger charge is 2.29. The third-order valence-corrected chi connectivity index (χ3v) is 4.04. The molecule has 2 atom stereocenters. The first-order valence-electron chi connectivity index (χ1n) is 8.06. The number of nitrogens with one attached hydrogen (secondary N) is 1. The van der Waals surface area contributed by atoms with Crippen molar-refractivity contribution in [2.75, 3.05) is 26.8 Å². The fourth-order valence-corrected chi connectivity index (χ4v) is 2.83. The number of halogens is 1. The van der Waals surface area contributed by atoms with Crippen molar-refractivity contribution in [1.29, 1.82) is 0 Å². The number of morpholine rings is 1. The molecular weight excluding hydrogens is 309 g/mol. The van der Waals surface area contributed by atoms with E-state index in [9.17, 15) is 4.39 Å². The van der Waals surface area contributed by atoms with Crippen LogP contribution in [0.3, 0.4) is 0 Å². The molecule has 128 valence electrons. The molecule has 2 aromatic rings.